The van der Waals surface area contributed by atoms with Crippen molar-refractivity contribution in [1.29, 1.82) is 0 Å². The highest BCUT2D eigenvalue weighted by atomic mass is 79.9. The summed E-state index contributed by atoms with van der Waals surface area (Å²) in [4.78, 5) is 4.05. The third-order valence-corrected chi connectivity index (χ3v) is 9.16. The topological polar surface area (TPSA) is 31.4 Å². The van der Waals surface area contributed by atoms with Gasteiger partial charge in [0.1, 0.15) is 15.4 Å². The molecule has 0 radical (unpaired) electrons. The maximum atomic E-state index is 6.16. The lowest BCUT2D eigenvalue weighted by atomic mass is 10.2. The number of aromatic nitrogens is 1. The standard InChI is InChI=1S/C15H25BrClNO2Si/c1-11(7-8-19-21(5,6)15(2,3)4)20-13-9-14(16)18-10-12(13)17/h9-11H,7-8H2,1-6H3/t11-/m0/s1. The predicted molar refractivity (Wildman–Crippen MR) is 94.8 cm³/mol. The second kappa shape index (κ2) is 7.44. The zero-order valence-corrected chi connectivity index (χ0v) is 17.0. The Labute approximate surface area is 142 Å². The van der Waals surface area contributed by atoms with Crippen LogP contribution in [-0.4, -0.2) is 26.0 Å². The molecule has 0 spiro atoms. The highest BCUT2D eigenvalue weighted by Crippen LogP contribution is 2.36. The first-order valence-corrected chi connectivity index (χ1v) is 11.2. The van der Waals surface area contributed by atoms with Crippen molar-refractivity contribution in [3.05, 3.63) is 21.9 Å². The molecule has 0 unspecified atom stereocenters. The van der Waals surface area contributed by atoms with Crippen LogP contribution in [0.4, 0.5) is 0 Å². The summed E-state index contributed by atoms with van der Waals surface area (Å²) in [5, 5.41) is 0.756. The fourth-order valence-corrected chi connectivity index (χ4v) is 2.98. The quantitative estimate of drug-likeness (QED) is 0.459. The van der Waals surface area contributed by atoms with Crippen LogP contribution < -0.4 is 4.74 Å². The molecule has 0 N–H and O–H groups in total. The number of hydrogen-bond acceptors (Lipinski definition) is 3. The molecule has 0 aliphatic heterocycles. The molecule has 0 aliphatic rings. The van der Waals surface area contributed by atoms with E-state index in [1.807, 2.05) is 6.92 Å². The minimum absolute atomic E-state index is 0.0431. The van der Waals surface area contributed by atoms with Gasteiger partial charge in [-0.25, -0.2) is 4.98 Å². The first-order chi connectivity index (χ1) is 9.53. The molecule has 1 rings (SSSR count). The van der Waals surface area contributed by atoms with Crippen molar-refractivity contribution in [1.82, 2.24) is 4.98 Å². The van der Waals surface area contributed by atoms with Gasteiger partial charge in [0.15, 0.2) is 8.32 Å². The van der Waals surface area contributed by atoms with Gasteiger partial charge in [-0.15, -0.1) is 0 Å². The molecular formula is C15H25BrClNO2Si. The summed E-state index contributed by atoms with van der Waals surface area (Å²) in [5.74, 6) is 0.651. The van der Waals surface area contributed by atoms with Crippen LogP contribution in [0.5, 0.6) is 5.75 Å². The summed E-state index contributed by atoms with van der Waals surface area (Å²) in [5.41, 5.74) is 0. The molecule has 0 aromatic carbocycles. The van der Waals surface area contributed by atoms with Crippen LogP contribution >= 0.6 is 27.5 Å². The molecule has 0 fully saturated rings. The molecule has 120 valence electrons. The molecular weight excluding hydrogens is 370 g/mol. The van der Waals surface area contributed by atoms with Crippen LogP contribution in [0.1, 0.15) is 34.1 Å². The molecule has 21 heavy (non-hydrogen) atoms. The Kier molecular flexibility index (Phi) is 6.71. The number of halogens is 2. The number of nitrogens with zero attached hydrogens (tertiary/aromatic N) is 1. The van der Waals surface area contributed by atoms with Gasteiger partial charge in [-0.05, 0) is 41.0 Å². The van der Waals surface area contributed by atoms with Crippen molar-refractivity contribution in [2.45, 2.75) is 58.4 Å². The first kappa shape index (κ1) is 18.9. The minimum atomic E-state index is -1.68. The van der Waals surface area contributed by atoms with Crippen LogP contribution in [0.25, 0.3) is 0 Å². The van der Waals surface area contributed by atoms with Gasteiger partial charge in [0.25, 0.3) is 0 Å². The lowest BCUT2D eigenvalue weighted by Crippen LogP contribution is -2.41. The number of pyridine rings is 1. The molecule has 6 heteroatoms. The Hall–Kier alpha value is -0.103. The lowest BCUT2D eigenvalue weighted by Gasteiger charge is -2.36. The van der Waals surface area contributed by atoms with Crippen molar-refractivity contribution in [3.8, 4) is 5.75 Å². The number of hydrogen-bond donors (Lipinski definition) is 0. The Bertz CT molecular complexity index is 477. The second-order valence-corrected chi connectivity index (χ2v) is 12.8. The monoisotopic (exact) mass is 393 g/mol. The lowest BCUT2D eigenvalue weighted by molar-refractivity contribution is 0.170. The van der Waals surface area contributed by atoms with E-state index >= 15 is 0 Å². The van der Waals surface area contributed by atoms with E-state index in [1.54, 1.807) is 12.3 Å². The Balaban J connectivity index is 2.48. The molecule has 0 saturated carbocycles. The van der Waals surface area contributed by atoms with Gasteiger partial charge >= 0.3 is 0 Å². The molecule has 1 aromatic heterocycles. The van der Waals surface area contributed by atoms with Crippen molar-refractivity contribution in [2.75, 3.05) is 6.61 Å². The summed E-state index contributed by atoms with van der Waals surface area (Å²) in [6, 6.07) is 1.79. The van der Waals surface area contributed by atoms with E-state index in [4.69, 9.17) is 20.8 Å². The third kappa shape index (κ3) is 5.89. The van der Waals surface area contributed by atoms with Crippen LogP contribution in [0, 0.1) is 0 Å². The second-order valence-electron chi connectivity index (χ2n) is 6.76. The molecule has 1 aromatic rings. The predicted octanol–water partition coefficient (Wildman–Crippen LogP) is 5.68. The van der Waals surface area contributed by atoms with Crippen molar-refractivity contribution >= 4 is 35.8 Å². The fraction of sp³-hybridized carbons (Fsp3) is 0.667. The fourth-order valence-electron chi connectivity index (χ4n) is 1.46. The molecule has 3 nitrogen and oxygen atoms in total. The van der Waals surface area contributed by atoms with E-state index in [9.17, 15) is 0 Å². The zero-order valence-electron chi connectivity index (χ0n) is 13.7. The molecule has 1 heterocycles. The smallest absolute Gasteiger partial charge is 0.191 e. The maximum absolute atomic E-state index is 6.16. The van der Waals surface area contributed by atoms with Gasteiger partial charge < -0.3 is 9.16 Å². The third-order valence-electron chi connectivity index (χ3n) is 3.91. The zero-order chi connectivity index (χ0) is 16.3. The molecule has 0 bridgehead atoms. The van der Waals surface area contributed by atoms with Crippen molar-refractivity contribution < 1.29 is 9.16 Å². The van der Waals surface area contributed by atoms with Gasteiger partial charge in [-0.1, -0.05) is 32.4 Å². The summed E-state index contributed by atoms with van der Waals surface area (Å²) in [7, 11) is -1.68. The average Bonchev–Trinajstić information content (AvgIpc) is 2.32. The molecule has 0 amide bonds. The molecule has 0 aliphatic carbocycles. The number of rotatable bonds is 6. The van der Waals surface area contributed by atoms with E-state index in [-0.39, 0.29) is 11.1 Å². The Morgan fingerprint density at radius 1 is 1.38 bits per heavy atom. The summed E-state index contributed by atoms with van der Waals surface area (Å²) in [6.07, 6.45) is 2.46. The van der Waals surface area contributed by atoms with Crippen molar-refractivity contribution in [2.24, 2.45) is 0 Å². The Morgan fingerprint density at radius 3 is 2.57 bits per heavy atom. The van der Waals surface area contributed by atoms with Crippen LogP contribution in [0.15, 0.2) is 16.9 Å². The SMILES string of the molecule is C[C@@H](CCO[Si](C)(C)C(C)(C)C)Oc1cc(Br)ncc1Cl. The van der Waals surface area contributed by atoms with E-state index < -0.39 is 8.32 Å². The van der Waals surface area contributed by atoms with Gasteiger partial charge in [0, 0.05) is 19.1 Å². The van der Waals surface area contributed by atoms with Crippen LogP contribution in [-0.2, 0) is 4.43 Å². The van der Waals surface area contributed by atoms with E-state index in [2.05, 4.69) is 54.8 Å². The molecule has 1 atom stereocenters. The largest absolute Gasteiger partial charge is 0.489 e. The minimum Gasteiger partial charge on any atom is -0.489 e. The highest BCUT2D eigenvalue weighted by Gasteiger charge is 2.36. The van der Waals surface area contributed by atoms with Gasteiger partial charge in [0.05, 0.1) is 12.3 Å². The van der Waals surface area contributed by atoms with E-state index in [0.29, 0.717) is 22.0 Å². The average molecular weight is 395 g/mol. The van der Waals surface area contributed by atoms with Crippen LogP contribution in [0.2, 0.25) is 23.2 Å². The highest BCUT2D eigenvalue weighted by molar-refractivity contribution is 9.10. The van der Waals surface area contributed by atoms with Crippen molar-refractivity contribution in [3.63, 3.8) is 0 Å². The summed E-state index contributed by atoms with van der Waals surface area (Å²) >= 11 is 9.39. The number of ether oxygens (including phenoxy) is 1. The maximum Gasteiger partial charge on any atom is 0.191 e. The first-order valence-electron chi connectivity index (χ1n) is 7.14. The van der Waals surface area contributed by atoms with E-state index in [0.717, 1.165) is 6.42 Å². The summed E-state index contributed by atoms with van der Waals surface area (Å²) < 4.78 is 12.7. The summed E-state index contributed by atoms with van der Waals surface area (Å²) in [6.45, 7) is 14.0. The normalized spacial score (nSPS) is 14.1. The van der Waals surface area contributed by atoms with Gasteiger partial charge in [-0.3, -0.25) is 0 Å². The molecule has 0 saturated heterocycles. The van der Waals surface area contributed by atoms with E-state index in [1.165, 1.54) is 0 Å². The Morgan fingerprint density at radius 2 is 2.00 bits per heavy atom. The van der Waals surface area contributed by atoms with Gasteiger partial charge in [0.2, 0.25) is 0 Å². The van der Waals surface area contributed by atoms with Gasteiger partial charge in [-0.2, -0.15) is 0 Å². The van der Waals surface area contributed by atoms with Crippen LogP contribution in [0.3, 0.4) is 0 Å².